The molecule has 0 atom stereocenters. The first kappa shape index (κ1) is 16.8. The molecule has 3 aromatic rings. The molecule has 0 bridgehead atoms. The first-order valence-electron chi connectivity index (χ1n) is 8.27. The van der Waals surface area contributed by atoms with Crippen molar-refractivity contribution in [3.8, 4) is 11.5 Å². The number of ether oxygens (including phenoxy) is 2. The van der Waals surface area contributed by atoms with E-state index in [1.807, 2.05) is 38.1 Å². The summed E-state index contributed by atoms with van der Waals surface area (Å²) in [6.45, 7) is 4.89. The van der Waals surface area contributed by atoms with Gasteiger partial charge >= 0.3 is 0 Å². The van der Waals surface area contributed by atoms with Crippen molar-refractivity contribution in [3.63, 3.8) is 0 Å². The van der Waals surface area contributed by atoms with E-state index in [4.69, 9.17) is 9.47 Å². The predicted molar refractivity (Wildman–Crippen MR) is 98.5 cm³/mol. The molecule has 0 saturated carbocycles. The van der Waals surface area contributed by atoms with Crippen molar-refractivity contribution in [2.45, 2.75) is 13.8 Å². The quantitative estimate of drug-likeness (QED) is 0.730. The SMILES string of the molecule is CCOc1ccc(NC(=O)c2cccc3ncccc23)cc1OCC. The van der Waals surface area contributed by atoms with Gasteiger partial charge < -0.3 is 14.8 Å². The molecule has 2 aromatic carbocycles. The van der Waals surface area contributed by atoms with Crippen LogP contribution in [0.5, 0.6) is 11.5 Å². The Balaban J connectivity index is 1.88. The molecule has 1 amide bonds. The van der Waals surface area contributed by atoms with Gasteiger partial charge in [-0.1, -0.05) is 12.1 Å². The van der Waals surface area contributed by atoms with Gasteiger partial charge in [-0.05, 0) is 44.2 Å². The van der Waals surface area contributed by atoms with Gasteiger partial charge in [0.05, 0.1) is 18.7 Å². The minimum atomic E-state index is -0.190. The van der Waals surface area contributed by atoms with Crippen molar-refractivity contribution >= 4 is 22.5 Å². The summed E-state index contributed by atoms with van der Waals surface area (Å²) < 4.78 is 11.1. The number of amides is 1. The third-order valence-electron chi connectivity index (χ3n) is 3.69. The lowest BCUT2D eigenvalue weighted by Crippen LogP contribution is -2.12. The Morgan fingerprint density at radius 2 is 1.80 bits per heavy atom. The molecule has 1 N–H and O–H groups in total. The summed E-state index contributed by atoms with van der Waals surface area (Å²) in [5, 5.41) is 3.73. The van der Waals surface area contributed by atoms with Crippen molar-refractivity contribution in [3.05, 3.63) is 60.3 Å². The highest BCUT2D eigenvalue weighted by atomic mass is 16.5. The van der Waals surface area contributed by atoms with Gasteiger partial charge in [-0.2, -0.15) is 0 Å². The van der Waals surface area contributed by atoms with E-state index in [9.17, 15) is 4.79 Å². The average Bonchev–Trinajstić information content (AvgIpc) is 2.63. The van der Waals surface area contributed by atoms with Crippen LogP contribution >= 0.6 is 0 Å². The van der Waals surface area contributed by atoms with Crippen LogP contribution < -0.4 is 14.8 Å². The number of carbonyl (C=O) groups is 1. The van der Waals surface area contributed by atoms with E-state index in [-0.39, 0.29) is 5.91 Å². The van der Waals surface area contributed by atoms with Gasteiger partial charge in [0.15, 0.2) is 11.5 Å². The van der Waals surface area contributed by atoms with E-state index in [0.717, 1.165) is 10.9 Å². The molecule has 5 nitrogen and oxygen atoms in total. The van der Waals surface area contributed by atoms with Gasteiger partial charge in [0.1, 0.15) is 0 Å². The van der Waals surface area contributed by atoms with Gasteiger partial charge in [-0.3, -0.25) is 9.78 Å². The number of pyridine rings is 1. The molecule has 1 heterocycles. The van der Waals surface area contributed by atoms with Crippen LogP contribution in [0.3, 0.4) is 0 Å². The molecular weight excluding hydrogens is 316 g/mol. The summed E-state index contributed by atoms with van der Waals surface area (Å²) in [6.07, 6.45) is 1.71. The number of anilines is 1. The zero-order valence-electron chi connectivity index (χ0n) is 14.3. The van der Waals surface area contributed by atoms with Crippen molar-refractivity contribution in [1.29, 1.82) is 0 Å². The highest BCUT2D eigenvalue weighted by Gasteiger charge is 2.12. The minimum Gasteiger partial charge on any atom is -0.490 e. The molecular formula is C20H20N2O3. The number of rotatable bonds is 6. The normalized spacial score (nSPS) is 10.5. The fourth-order valence-electron chi connectivity index (χ4n) is 2.63. The molecule has 5 heteroatoms. The summed E-state index contributed by atoms with van der Waals surface area (Å²) in [6, 6.07) is 14.6. The zero-order valence-corrected chi connectivity index (χ0v) is 14.3. The molecule has 25 heavy (non-hydrogen) atoms. The van der Waals surface area contributed by atoms with Crippen molar-refractivity contribution in [2.24, 2.45) is 0 Å². The number of nitrogens with zero attached hydrogens (tertiary/aromatic N) is 1. The van der Waals surface area contributed by atoms with Crippen molar-refractivity contribution in [2.75, 3.05) is 18.5 Å². The Bertz CT molecular complexity index is 888. The van der Waals surface area contributed by atoms with Crippen LogP contribution in [-0.2, 0) is 0 Å². The second-order valence-electron chi connectivity index (χ2n) is 5.36. The molecule has 0 saturated heterocycles. The topological polar surface area (TPSA) is 60.5 Å². The standard InChI is InChI=1S/C20H20N2O3/c1-3-24-18-11-10-14(13-19(18)25-4-2)22-20(23)16-7-5-9-17-15(16)8-6-12-21-17/h5-13H,3-4H2,1-2H3,(H,22,23). The number of benzene rings is 2. The summed E-state index contributed by atoms with van der Waals surface area (Å²) >= 11 is 0. The van der Waals surface area contributed by atoms with Crippen LogP contribution in [0.15, 0.2) is 54.7 Å². The van der Waals surface area contributed by atoms with E-state index in [0.29, 0.717) is 36.0 Å². The van der Waals surface area contributed by atoms with Crippen LogP contribution in [0.2, 0.25) is 0 Å². The monoisotopic (exact) mass is 336 g/mol. The number of hydrogen-bond acceptors (Lipinski definition) is 4. The molecule has 0 aliphatic heterocycles. The van der Waals surface area contributed by atoms with Crippen molar-refractivity contribution < 1.29 is 14.3 Å². The zero-order chi connectivity index (χ0) is 17.6. The second kappa shape index (κ2) is 7.66. The van der Waals surface area contributed by atoms with Crippen LogP contribution in [-0.4, -0.2) is 24.1 Å². The Hall–Kier alpha value is -3.08. The second-order valence-corrected chi connectivity index (χ2v) is 5.36. The molecule has 0 unspecified atom stereocenters. The lowest BCUT2D eigenvalue weighted by molar-refractivity contribution is 0.102. The predicted octanol–water partition coefficient (Wildman–Crippen LogP) is 4.28. The molecule has 0 aliphatic carbocycles. The first-order chi connectivity index (χ1) is 12.2. The average molecular weight is 336 g/mol. The van der Waals surface area contributed by atoms with Crippen LogP contribution in [0.1, 0.15) is 24.2 Å². The number of aromatic nitrogens is 1. The Morgan fingerprint density at radius 1 is 1.00 bits per heavy atom. The largest absolute Gasteiger partial charge is 0.490 e. The lowest BCUT2D eigenvalue weighted by Gasteiger charge is -2.13. The van der Waals surface area contributed by atoms with Crippen LogP contribution in [0.25, 0.3) is 10.9 Å². The van der Waals surface area contributed by atoms with Gasteiger partial charge in [-0.15, -0.1) is 0 Å². The maximum absolute atomic E-state index is 12.7. The molecule has 1 aromatic heterocycles. The number of hydrogen-bond donors (Lipinski definition) is 1. The number of fused-ring (bicyclic) bond motifs is 1. The van der Waals surface area contributed by atoms with Gasteiger partial charge in [0.2, 0.25) is 0 Å². The summed E-state index contributed by atoms with van der Waals surface area (Å²) in [4.78, 5) is 17.0. The molecule has 0 aliphatic rings. The Morgan fingerprint density at radius 3 is 2.60 bits per heavy atom. The summed E-state index contributed by atoms with van der Waals surface area (Å²) in [5.74, 6) is 1.09. The van der Waals surface area contributed by atoms with E-state index in [1.165, 1.54) is 0 Å². The third-order valence-corrected chi connectivity index (χ3v) is 3.69. The molecule has 3 rings (SSSR count). The lowest BCUT2D eigenvalue weighted by atomic mass is 10.1. The molecule has 0 fully saturated rings. The Kier molecular flexibility index (Phi) is 5.14. The Labute approximate surface area is 146 Å². The van der Waals surface area contributed by atoms with Gasteiger partial charge in [0.25, 0.3) is 5.91 Å². The van der Waals surface area contributed by atoms with Crippen LogP contribution in [0.4, 0.5) is 5.69 Å². The maximum atomic E-state index is 12.7. The van der Waals surface area contributed by atoms with E-state index < -0.39 is 0 Å². The summed E-state index contributed by atoms with van der Waals surface area (Å²) in [5.41, 5.74) is 2.02. The highest BCUT2D eigenvalue weighted by molar-refractivity contribution is 6.12. The minimum absolute atomic E-state index is 0.190. The molecule has 128 valence electrons. The van der Waals surface area contributed by atoms with E-state index in [1.54, 1.807) is 30.5 Å². The van der Waals surface area contributed by atoms with E-state index in [2.05, 4.69) is 10.3 Å². The summed E-state index contributed by atoms with van der Waals surface area (Å²) in [7, 11) is 0. The number of nitrogens with one attached hydrogen (secondary N) is 1. The third kappa shape index (κ3) is 3.71. The smallest absolute Gasteiger partial charge is 0.256 e. The molecule has 0 spiro atoms. The van der Waals surface area contributed by atoms with Gasteiger partial charge in [-0.25, -0.2) is 0 Å². The first-order valence-corrected chi connectivity index (χ1v) is 8.27. The highest BCUT2D eigenvalue weighted by Crippen LogP contribution is 2.31. The van der Waals surface area contributed by atoms with Crippen LogP contribution in [0, 0.1) is 0 Å². The van der Waals surface area contributed by atoms with Crippen molar-refractivity contribution in [1.82, 2.24) is 4.98 Å². The fourth-order valence-corrected chi connectivity index (χ4v) is 2.63. The van der Waals surface area contributed by atoms with Gasteiger partial charge in [0, 0.05) is 28.9 Å². The fraction of sp³-hybridized carbons (Fsp3) is 0.200. The maximum Gasteiger partial charge on any atom is 0.256 e. The number of carbonyl (C=O) groups excluding carboxylic acids is 1. The van der Waals surface area contributed by atoms with E-state index >= 15 is 0 Å². The molecule has 0 radical (unpaired) electrons.